The quantitative estimate of drug-likeness (QED) is 0.726. The lowest BCUT2D eigenvalue weighted by atomic mass is 10.2. The smallest absolute Gasteiger partial charge is 0.229 e. The molecule has 0 aliphatic carbocycles. The van der Waals surface area contributed by atoms with Gasteiger partial charge in [0.2, 0.25) is 20.0 Å². The monoisotopic (exact) mass is 401 g/mol. The van der Waals surface area contributed by atoms with Gasteiger partial charge in [-0.1, -0.05) is 11.6 Å². The molecule has 0 saturated carbocycles. The third-order valence-electron chi connectivity index (χ3n) is 2.82. The van der Waals surface area contributed by atoms with Crippen LogP contribution in [0.4, 0.5) is 17.1 Å². The molecule has 2 aromatic rings. The minimum atomic E-state index is -3.34. The molecule has 2 aromatic carbocycles. The summed E-state index contributed by atoms with van der Waals surface area (Å²) in [5.74, 6) is 0. The summed E-state index contributed by atoms with van der Waals surface area (Å²) in [5.41, 5.74) is 2.00. The van der Waals surface area contributed by atoms with Crippen LogP contribution in [-0.4, -0.2) is 34.5 Å². The molecule has 7 nitrogen and oxygen atoms in total. The second kappa shape index (κ2) is 7.42. The number of rotatable bonds is 6. The highest BCUT2D eigenvalue weighted by Crippen LogP contribution is 2.20. The summed E-state index contributed by atoms with van der Waals surface area (Å²) >= 11 is 6.17. The SMILES string of the molecule is CS(=O)(=O)Nc1ccc(/N=C(\Cl)c2ccc(NS(C)(=O)=O)cc2)cc1. The van der Waals surface area contributed by atoms with Crippen LogP contribution in [0.25, 0.3) is 0 Å². The zero-order valence-electron chi connectivity index (χ0n) is 13.4. The molecule has 0 aliphatic rings. The Balaban J connectivity index is 2.15. The van der Waals surface area contributed by atoms with Gasteiger partial charge >= 0.3 is 0 Å². The molecule has 0 heterocycles. The summed E-state index contributed by atoms with van der Waals surface area (Å²) < 4.78 is 49.4. The maximum Gasteiger partial charge on any atom is 0.229 e. The van der Waals surface area contributed by atoms with Gasteiger partial charge in [0.1, 0.15) is 5.17 Å². The van der Waals surface area contributed by atoms with Gasteiger partial charge in [0.05, 0.1) is 18.2 Å². The topological polar surface area (TPSA) is 105 Å². The van der Waals surface area contributed by atoms with E-state index in [0.29, 0.717) is 22.6 Å². The van der Waals surface area contributed by atoms with Crippen LogP contribution in [0.2, 0.25) is 0 Å². The fourth-order valence-corrected chi connectivity index (χ4v) is 3.24. The van der Waals surface area contributed by atoms with E-state index in [4.69, 9.17) is 11.6 Å². The molecule has 0 atom stereocenters. The second-order valence-electron chi connectivity index (χ2n) is 5.28. The largest absolute Gasteiger partial charge is 0.284 e. The molecular weight excluding hydrogens is 386 g/mol. The van der Waals surface area contributed by atoms with Crippen molar-refractivity contribution >= 4 is 53.9 Å². The second-order valence-corrected chi connectivity index (χ2v) is 9.13. The van der Waals surface area contributed by atoms with Gasteiger partial charge in [-0.2, -0.15) is 0 Å². The van der Waals surface area contributed by atoms with E-state index in [-0.39, 0.29) is 5.17 Å². The summed E-state index contributed by atoms with van der Waals surface area (Å²) in [6.45, 7) is 0. The predicted molar refractivity (Wildman–Crippen MR) is 102 cm³/mol. The molecule has 2 rings (SSSR count). The maximum absolute atomic E-state index is 11.2. The van der Waals surface area contributed by atoms with E-state index in [1.165, 1.54) is 0 Å². The Bertz CT molecular complexity index is 984. The Kier molecular flexibility index (Phi) is 5.71. The van der Waals surface area contributed by atoms with E-state index in [0.717, 1.165) is 12.5 Å². The third-order valence-corrected chi connectivity index (χ3v) is 4.34. The van der Waals surface area contributed by atoms with Crippen molar-refractivity contribution in [2.75, 3.05) is 22.0 Å². The molecule has 0 spiro atoms. The zero-order valence-corrected chi connectivity index (χ0v) is 15.8. The fourth-order valence-electron chi connectivity index (χ4n) is 1.89. The lowest BCUT2D eigenvalue weighted by molar-refractivity contribution is 0.605. The van der Waals surface area contributed by atoms with Crippen molar-refractivity contribution in [2.24, 2.45) is 4.99 Å². The summed E-state index contributed by atoms with van der Waals surface area (Å²) in [7, 11) is -6.67. The lowest BCUT2D eigenvalue weighted by Gasteiger charge is -2.05. The van der Waals surface area contributed by atoms with Crippen molar-refractivity contribution in [1.82, 2.24) is 0 Å². The van der Waals surface area contributed by atoms with Gasteiger partial charge in [-0.15, -0.1) is 0 Å². The number of benzene rings is 2. The Morgan fingerprint density at radius 1 is 0.800 bits per heavy atom. The average molecular weight is 402 g/mol. The maximum atomic E-state index is 11.2. The third kappa shape index (κ3) is 6.73. The molecule has 0 aromatic heterocycles. The predicted octanol–water partition coefficient (Wildman–Crippen LogP) is 2.75. The highest BCUT2D eigenvalue weighted by atomic mass is 35.5. The molecule has 0 amide bonds. The normalized spacial score (nSPS) is 12.7. The van der Waals surface area contributed by atoms with Crippen LogP contribution in [0.1, 0.15) is 5.56 Å². The fraction of sp³-hybridized carbons (Fsp3) is 0.133. The van der Waals surface area contributed by atoms with Crippen LogP contribution in [0.3, 0.4) is 0 Å². The van der Waals surface area contributed by atoms with Gasteiger partial charge in [0.15, 0.2) is 0 Å². The Morgan fingerprint density at radius 3 is 1.60 bits per heavy atom. The van der Waals surface area contributed by atoms with Crippen LogP contribution in [-0.2, 0) is 20.0 Å². The molecule has 0 aliphatic heterocycles. The number of nitrogens with zero attached hydrogens (tertiary/aromatic N) is 1. The van der Waals surface area contributed by atoms with Crippen LogP contribution < -0.4 is 9.44 Å². The van der Waals surface area contributed by atoms with E-state index in [1.807, 2.05) is 0 Å². The molecule has 0 fully saturated rings. The molecule has 134 valence electrons. The molecule has 25 heavy (non-hydrogen) atoms. The number of sulfonamides is 2. The first-order chi connectivity index (χ1) is 11.5. The van der Waals surface area contributed by atoms with E-state index in [2.05, 4.69) is 14.4 Å². The minimum absolute atomic E-state index is 0.217. The summed E-state index contributed by atoms with van der Waals surface area (Å²) in [6, 6.07) is 12.8. The van der Waals surface area contributed by atoms with E-state index < -0.39 is 20.0 Å². The number of hydrogen-bond donors (Lipinski definition) is 2. The Morgan fingerprint density at radius 2 is 1.20 bits per heavy atom. The lowest BCUT2D eigenvalue weighted by Crippen LogP contribution is -2.09. The molecule has 0 saturated heterocycles. The number of hydrogen-bond acceptors (Lipinski definition) is 5. The number of nitrogens with one attached hydrogen (secondary N) is 2. The van der Waals surface area contributed by atoms with Crippen LogP contribution in [0.5, 0.6) is 0 Å². The van der Waals surface area contributed by atoms with Gasteiger partial charge in [0, 0.05) is 16.9 Å². The Labute approximate surface area is 151 Å². The zero-order chi connectivity index (χ0) is 18.7. The van der Waals surface area contributed by atoms with Crippen molar-refractivity contribution in [1.29, 1.82) is 0 Å². The van der Waals surface area contributed by atoms with Crippen molar-refractivity contribution in [3.63, 3.8) is 0 Å². The highest BCUT2D eigenvalue weighted by molar-refractivity contribution is 7.92. The van der Waals surface area contributed by atoms with Crippen molar-refractivity contribution in [3.05, 3.63) is 54.1 Å². The van der Waals surface area contributed by atoms with Gasteiger partial charge in [-0.25, -0.2) is 21.8 Å². The van der Waals surface area contributed by atoms with Gasteiger partial charge < -0.3 is 0 Å². The number of anilines is 2. The first-order valence-electron chi connectivity index (χ1n) is 6.92. The number of aliphatic imine (C=N–C) groups is 1. The molecule has 0 unspecified atom stereocenters. The van der Waals surface area contributed by atoms with Gasteiger partial charge in [-0.05, 0) is 48.5 Å². The van der Waals surface area contributed by atoms with Crippen LogP contribution >= 0.6 is 11.6 Å². The Hall–Kier alpha value is -2.10. The summed E-state index contributed by atoms with van der Waals surface area (Å²) in [6.07, 6.45) is 2.13. The number of halogens is 1. The summed E-state index contributed by atoms with van der Waals surface area (Å²) in [4.78, 5) is 4.24. The minimum Gasteiger partial charge on any atom is -0.284 e. The van der Waals surface area contributed by atoms with Gasteiger partial charge in [0.25, 0.3) is 0 Å². The van der Waals surface area contributed by atoms with Gasteiger partial charge in [-0.3, -0.25) is 9.44 Å². The molecule has 0 bridgehead atoms. The first-order valence-corrected chi connectivity index (χ1v) is 11.1. The molecule has 2 N–H and O–H groups in total. The molecular formula is C15H16ClN3O4S2. The van der Waals surface area contributed by atoms with E-state index in [9.17, 15) is 16.8 Å². The summed E-state index contributed by atoms with van der Waals surface area (Å²) in [5, 5.41) is 0.217. The van der Waals surface area contributed by atoms with E-state index >= 15 is 0 Å². The van der Waals surface area contributed by atoms with E-state index in [1.54, 1.807) is 48.5 Å². The average Bonchev–Trinajstić information content (AvgIpc) is 2.47. The van der Waals surface area contributed by atoms with Crippen LogP contribution in [0.15, 0.2) is 53.5 Å². The first kappa shape index (κ1) is 19.2. The molecule has 0 radical (unpaired) electrons. The highest BCUT2D eigenvalue weighted by Gasteiger charge is 2.05. The van der Waals surface area contributed by atoms with Crippen molar-refractivity contribution in [3.8, 4) is 0 Å². The van der Waals surface area contributed by atoms with Crippen LogP contribution in [0, 0.1) is 0 Å². The standard InChI is InChI=1S/C15H16ClN3O4S2/c1-24(20,21)18-13-5-3-11(4-6-13)15(16)17-12-7-9-14(10-8-12)19-25(2,22)23/h3-10,18-19H,1-2H3/b17-15-. The van der Waals surface area contributed by atoms with Crippen molar-refractivity contribution < 1.29 is 16.8 Å². The molecule has 10 heteroatoms. The van der Waals surface area contributed by atoms with Crippen molar-refractivity contribution in [2.45, 2.75) is 0 Å².